The molecule has 0 aromatic heterocycles. The zero-order valence-electron chi connectivity index (χ0n) is 24.4. The first-order valence-corrected chi connectivity index (χ1v) is 16.0. The number of rotatable bonds is 15. The third-order valence-corrected chi connectivity index (χ3v) is 8.46. The molecule has 0 aliphatic carbocycles. The van der Waals surface area contributed by atoms with Gasteiger partial charge in [-0.2, -0.15) is 0 Å². The van der Waals surface area contributed by atoms with Gasteiger partial charge >= 0.3 is 23.9 Å². The Bertz CT molecular complexity index is 1290. The third kappa shape index (κ3) is 12.6. The first-order chi connectivity index (χ1) is 20.5. The lowest BCUT2D eigenvalue weighted by molar-refractivity contribution is -0.155. The SMILES string of the molecule is CC(=O)OCC(CNC(=O)c1c(I)c(C(=O)NCCO)c(I)c(N(CC(COC(C)=O)OC(C)=O)C(C)=O)c1I)OC(C)=O. The van der Waals surface area contributed by atoms with E-state index in [2.05, 4.69) is 10.6 Å². The Morgan fingerprint density at radius 3 is 1.59 bits per heavy atom. The maximum Gasteiger partial charge on any atom is 0.303 e. The van der Waals surface area contributed by atoms with E-state index in [1.807, 2.05) is 67.8 Å². The van der Waals surface area contributed by atoms with Crippen molar-refractivity contribution in [3.8, 4) is 0 Å². The molecule has 15 nitrogen and oxygen atoms in total. The van der Waals surface area contributed by atoms with Crippen LogP contribution < -0.4 is 15.5 Å². The third-order valence-electron chi connectivity index (χ3n) is 5.28. The Kier molecular flexibility index (Phi) is 17.3. The van der Waals surface area contributed by atoms with Crippen molar-refractivity contribution >= 4 is 115 Å². The second-order valence-electron chi connectivity index (χ2n) is 8.93. The van der Waals surface area contributed by atoms with Gasteiger partial charge in [-0.1, -0.05) is 0 Å². The summed E-state index contributed by atoms with van der Waals surface area (Å²) in [6, 6.07) is 0. The van der Waals surface area contributed by atoms with Crippen molar-refractivity contribution < 1.29 is 57.6 Å². The fraction of sp³-hybridized carbons (Fsp3) is 0.500. The Morgan fingerprint density at radius 1 is 0.705 bits per heavy atom. The fourth-order valence-corrected chi connectivity index (χ4v) is 8.30. The lowest BCUT2D eigenvalue weighted by Gasteiger charge is -2.30. The van der Waals surface area contributed by atoms with Gasteiger partial charge in [0.25, 0.3) is 11.8 Å². The van der Waals surface area contributed by atoms with Crippen LogP contribution in [-0.4, -0.2) is 98.4 Å². The van der Waals surface area contributed by atoms with Crippen molar-refractivity contribution in [3.05, 3.63) is 21.8 Å². The molecule has 0 aliphatic heterocycles. The van der Waals surface area contributed by atoms with Crippen LogP contribution in [-0.2, 0) is 42.9 Å². The molecule has 18 heteroatoms. The number of amides is 3. The van der Waals surface area contributed by atoms with Crippen LogP contribution in [0.1, 0.15) is 55.3 Å². The lowest BCUT2D eigenvalue weighted by Crippen LogP contribution is -2.42. The Labute approximate surface area is 294 Å². The van der Waals surface area contributed by atoms with Gasteiger partial charge in [-0.3, -0.25) is 33.6 Å². The van der Waals surface area contributed by atoms with Gasteiger partial charge in [0.15, 0.2) is 12.2 Å². The number of halogens is 3. The number of esters is 4. The summed E-state index contributed by atoms with van der Waals surface area (Å²) >= 11 is 5.52. The molecule has 0 radical (unpaired) electrons. The van der Waals surface area contributed by atoms with E-state index in [0.29, 0.717) is 0 Å². The molecule has 0 bridgehead atoms. The molecule has 2 unspecified atom stereocenters. The van der Waals surface area contributed by atoms with E-state index in [9.17, 15) is 38.7 Å². The summed E-state index contributed by atoms with van der Waals surface area (Å²) in [5.41, 5.74) is 0.141. The molecule has 1 aromatic rings. The number of nitrogens with zero attached hydrogens (tertiary/aromatic N) is 1. The van der Waals surface area contributed by atoms with Crippen molar-refractivity contribution in [2.24, 2.45) is 0 Å². The van der Waals surface area contributed by atoms with E-state index in [0.717, 1.165) is 13.8 Å². The molecule has 0 heterocycles. The van der Waals surface area contributed by atoms with Crippen LogP contribution >= 0.6 is 67.8 Å². The number of hydrogen-bond acceptors (Lipinski definition) is 12. The van der Waals surface area contributed by atoms with Gasteiger partial charge in [-0.25, -0.2) is 0 Å². The zero-order chi connectivity index (χ0) is 33.7. The van der Waals surface area contributed by atoms with Gasteiger partial charge in [-0.15, -0.1) is 0 Å². The molecule has 1 aromatic carbocycles. The standard InChI is InChI=1S/C26H32I3N3O12/c1-12(34)32(9-18(44-16(5)38)11-42-14(3)36)24-22(28)19(25(39)30-6-7-33)21(27)20(23(24)29)26(40)31-8-17(43-15(4)37)10-41-13(2)35/h17-18,33H,6-11H2,1-5H3,(H,30,39)(H,31,40). The van der Waals surface area contributed by atoms with E-state index in [-0.39, 0.29) is 67.0 Å². The topological polar surface area (TPSA) is 204 Å². The average molecular weight is 959 g/mol. The van der Waals surface area contributed by atoms with Crippen LogP contribution in [0.25, 0.3) is 0 Å². The van der Waals surface area contributed by atoms with Gasteiger partial charge in [0.05, 0.1) is 43.7 Å². The zero-order valence-corrected chi connectivity index (χ0v) is 30.9. The van der Waals surface area contributed by atoms with Crippen LogP contribution in [0.3, 0.4) is 0 Å². The molecule has 0 fully saturated rings. The summed E-state index contributed by atoms with van der Waals surface area (Å²) in [4.78, 5) is 87.1. The summed E-state index contributed by atoms with van der Waals surface area (Å²) in [5.74, 6) is -4.54. The monoisotopic (exact) mass is 959 g/mol. The Morgan fingerprint density at radius 2 is 1.16 bits per heavy atom. The minimum Gasteiger partial charge on any atom is -0.462 e. The van der Waals surface area contributed by atoms with E-state index in [1.54, 1.807) is 0 Å². The first kappa shape index (κ1) is 39.7. The fourth-order valence-electron chi connectivity index (χ4n) is 3.57. The summed E-state index contributed by atoms with van der Waals surface area (Å²) in [6.07, 6.45) is -2.12. The van der Waals surface area contributed by atoms with E-state index < -0.39 is 53.8 Å². The van der Waals surface area contributed by atoms with E-state index in [4.69, 9.17) is 18.9 Å². The molecule has 0 saturated heterocycles. The number of carbonyl (C=O) groups excluding carboxylic acids is 7. The van der Waals surface area contributed by atoms with Crippen LogP contribution in [0.15, 0.2) is 0 Å². The highest BCUT2D eigenvalue weighted by molar-refractivity contribution is 14.1. The maximum absolute atomic E-state index is 13.6. The highest BCUT2D eigenvalue weighted by atomic mass is 127. The van der Waals surface area contributed by atoms with Crippen molar-refractivity contribution in [2.45, 2.75) is 46.8 Å². The molecule has 3 N–H and O–H groups in total. The second-order valence-corrected chi connectivity index (χ2v) is 12.2. The minimum absolute atomic E-state index is 0.0138. The number of carbonyl (C=O) groups is 7. The van der Waals surface area contributed by atoms with Crippen molar-refractivity contribution in [3.63, 3.8) is 0 Å². The molecule has 2 atom stereocenters. The van der Waals surface area contributed by atoms with Gasteiger partial charge in [-0.05, 0) is 67.8 Å². The Hall–Kier alpha value is -2.34. The number of nitrogens with one attached hydrogen (secondary N) is 2. The van der Waals surface area contributed by atoms with Gasteiger partial charge in [0, 0.05) is 44.7 Å². The smallest absolute Gasteiger partial charge is 0.303 e. The number of hydrogen-bond donors (Lipinski definition) is 3. The molecule has 0 aliphatic rings. The van der Waals surface area contributed by atoms with E-state index >= 15 is 0 Å². The normalized spacial score (nSPS) is 11.8. The quantitative estimate of drug-likeness (QED) is 0.129. The number of aliphatic hydroxyl groups is 1. The lowest BCUT2D eigenvalue weighted by atomic mass is 10.1. The second kappa shape index (κ2) is 19.2. The molecule has 44 heavy (non-hydrogen) atoms. The number of ether oxygens (including phenoxy) is 4. The van der Waals surface area contributed by atoms with Crippen molar-refractivity contribution in [1.29, 1.82) is 0 Å². The summed E-state index contributed by atoms with van der Waals surface area (Å²) in [6.45, 7) is 4.15. The highest BCUT2D eigenvalue weighted by Gasteiger charge is 2.33. The summed E-state index contributed by atoms with van der Waals surface area (Å²) < 4.78 is 21.0. The highest BCUT2D eigenvalue weighted by Crippen LogP contribution is 2.38. The Balaban J connectivity index is 3.75. The predicted molar refractivity (Wildman–Crippen MR) is 179 cm³/mol. The van der Waals surface area contributed by atoms with Crippen LogP contribution in [0, 0.1) is 10.7 Å². The molecule has 244 valence electrons. The average Bonchev–Trinajstić information content (AvgIpc) is 2.90. The van der Waals surface area contributed by atoms with Crippen LogP contribution in [0.2, 0.25) is 0 Å². The maximum atomic E-state index is 13.6. The number of anilines is 1. The first-order valence-electron chi connectivity index (χ1n) is 12.8. The summed E-state index contributed by atoms with van der Waals surface area (Å²) in [5, 5.41) is 14.4. The van der Waals surface area contributed by atoms with Gasteiger partial charge in [0.1, 0.15) is 13.2 Å². The van der Waals surface area contributed by atoms with Gasteiger partial charge in [0.2, 0.25) is 5.91 Å². The molecule has 0 spiro atoms. The largest absolute Gasteiger partial charge is 0.462 e. The van der Waals surface area contributed by atoms with E-state index in [1.165, 1.54) is 25.7 Å². The van der Waals surface area contributed by atoms with Crippen molar-refractivity contribution in [1.82, 2.24) is 10.6 Å². The number of aliphatic hydroxyl groups excluding tert-OH is 1. The molecular formula is C26H32I3N3O12. The molecular weight excluding hydrogens is 927 g/mol. The number of benzene rings is 1. The molecule has 1 rings (SSSR count). The summed E-state index contributed by atoms with van der Waals surface area (Å²) in [7, 11) is 0. The van der Waals surface area contributed by atoms with Crippen LogP contribution in [0.4, 0.5) is 5.69 Å². The molecule has 0 saturated carbocycles. The predicted octanol–water partition coefficient (Wildman–Crippen LogP) is 1.29. The van der Waals surface area contributed by atoms with Gasteiger partial charge < -0.3 is 39.6 Å². The van der Waals surface area contributed by atoms with Crippen LogP contribution in [0.5, 0.6) is 0 Å². The van der Waals surface area contributed by atoms with Crippen molar-refractivity contribution in [2.75, 3.05) is 44.4 Å². The minimum atomic E-state index is -1.10. The molecule has 3 amide bonds.